The van der Waals surface area contributed by atoms with E-state index in [4.69, 9.17) is 5.73 Å². The van der Waals surface area contributed by atoms with Gasteiger partial charge >= 0.3 is 0 Å². The third-order valence-electron chi connectivity index (χ3n) is 8.01. The van der Waals surface area contributed by atoms with Crippen molar-refractivity contribution in [3.05, 3.63) is 71.4 Å². The zero-order valence-electron chi connectivity index (χ0n) is 22.7. The molecule has 1 saturated carbocycles. The number of Topliss-reactive ketones (excluding diaryl/α,β-unsaturated/α-hetero) is 1. The minimum absolute atomic E-state index is 0.0594. The lowest BCUT2D eigenvalue weighted by Gasteiger charge is -2.42. The second kappa shape index (κ2) is 11.1. The van der Waals surface area contributed by atoms with Crippen molar-refractivity contribution in [3.63, 3.8) is 0 Å². The van der Waals surface area contributed by atoms with Crippen LogP contribution in [0, 0.1) is 11.2 Å². The Balaban J connectivity index is 1.41. The second-order valence-electron chi connectivity index (χ2n) is 11.3. The molecule has 1 spiro atoms. The van der Waals surface area contributed by atoms with Crippen molar-refractivity contribution in [2.24, 2.45) is 5.41 Å². The number of amides is 1. The molecule has 1 aromatic carbocycles. The highest BCUT2D eigenvalue weighted by molar-refractivity contribution is 6.01. The normalized spacial score (nSPS) is 16.6. The van der Waals surface area contributed by atoms with Gasteiger partial charge in [-0.05, 0) is 81.3 Å². The molecule has 0 atom stereocenters. The van der Waals surface area contributed by atoms with E-state index < -0.39 is 5.82 Å². The summed E-state index contributed by atoms with van der Waals surface area (Å²) in [5.41, 5.74) is 9.45. The minimum atomic E-state index is -0.535. The fraction of sp³-hybridized carbons (Fsp3) is 0.419. The summed E-state index contributed by atoms with van der Waals surface area (Å²) < 4.78 is 14.8. The summed E-state index contributed by atoms with van der Waals surface area (Å²) in [5, 5.41) is 2.81. The molecule has 0 bridgehead atoms. The summed E-state index contributed by atoms with van der Waals surface area (Å²) in [6.07, 6.45) is 11.2. The molecule has 204 valence electrons. The van der Waals surface area contributed by atoms with Crippen LogP contribution in [0.4, 0.5) is 15.8 Å². The van der Waals surface area contributed by atoms with Crippen LogP contribution in [0.1, 0.15) is 78.8 Å². The number of nitrogens with zero attached hydrogens (tertiary/aromatic N) is 3. The molecule has 5 rings (SSSR count). The van der Waals surface area contributed by atoms with E-state index >= 15 is 0 Å². The van der Waals surface area contributed by atoms with Crippen LogP contribution in [0.25, 0.3) is 11.3 Å². The Hall–Kier alpha value is -3.81. The Morgan fingerprint density at radius 2 is 1.87 bits per heavy atom. The summed E-state index contributed by atoms with van der Waals surface area (Å²) in [4.78, 5) is 37.2. The fourth-order valence-corrected chi connectivity index (χ4v) is 6.12. The lowest BCUT2D eigenvalue weighted by molar-refractivity contribution is 0.0941. The molecule has 39 heavy (non-hydrogen) atoms. The number of pyridine rings is 2. The number of ketones is 1. The number of aromatic nitrogens is 2. The van der Waals surface area contributed by atoms with Gasteiger partial charge in [0, 0.05) is 60.3 Å². The zero-order chi connectivity index (χ0) is 27.6. The van der Waals surface area contributed by atoms with Crippen LogP contribution in [0.2, 0.25) is 0 Å². The van der Waals surface area contributed by atoms with Crippen LogP contribution in [-0.2, 0) is 6.42 Å². The number of anilines is 2. The molecule has 1 amide bonds. The first kappa shape index (κ1) is 26.8. The number of piperidine rings is 1. The molecule has 2 aromatic heterocycles. The van der Waals surface area contributed by atoms with Gasteiger partial charge in [-0.1, -0.05) is 12.8 Å². The SMILES string of the molecule is CC(C)NC(=O)c1ccc(F)c(-c2ccc(N)c(C(=O)Cc3cnccc3N3CCCC4(CCCC4)C3)n2)c1. The largest absolute Gasteiger partial charge is 0.397 e. The Labute approximate surface area is 229 Å². The third-order valence-corrected chi connectivity index (χ3v) is 8.01. The summed E-state index contributed by atoms with van der Waals surface area (Å²) >= 11 is 0. The summed E-state index contributed by atoms with van der Waals surface area (Å²) in [6.45, 7) is 5.68. The molecule has 0 unspecified atom stereocenters. The number of hydrogen-bond acceptors (Lipinski definition) is 6. The highest BCUT2D eigenvalue weighted by atomic mass is 19.1. The number of carbonyl (C=O) groups is 2. The van der Waals surface area contributed by atoms with Gasteiger partial charge < -0.3 is 16.0 Å². The average Bonchev–Trinajstić information content (AvgIpc) is 3.36. The van der Waals surface area contributed by atoms with Crippen LogP contribution in [0.3, 0.4) is 0 Å². The average molecular weight is 530 g/mol. The smallest absolute Gasteiger partial charge is 0.251 e. The minimum Gasteiger partial charge on any atom is -0.397 e. The number of nitrogens with two attached hydrogens (primary N) is 1. The Kier molecular flexibility index (Phi) is 7.64. The van der Waals surface area contributed by atoms with Gasteiger partial charge in [0.1, 0.15) is 11.5 Å². The van der Waals surface area contributed by atoms with Crippen molar-refractivity contribution in [2.75, 3.05) is 23.7 Å². The van der Waals surface area contributed by atoms with Gasteiger partial charge in [0.15, 0.2) is 5.78 Å². The molecule has 1 saturated heterocycles. The van der Waals surface area contributed by atoms with Crippen LogP contribution in [-0.4, -0.2) is 40.8 Å². The van der Waals surface area contributed by atoms with Crippen molar-refractivity contribution in [1.82, 2.24) is 15.3 Å². The lowest BCUT2D eigenvalue weighted by atomic mass is 9.78. The third kappa shape index (κ3) is 5.79. The van der Waals surface area contributed by atoms with Gasteiger partial charge in [0.25, 0.3) is 5.91 Å². The maximum Gasteiger partial charge on any atom is 0.251 e. The quantitative estimate of drug-likeness (QED) is 0.387. The fourth-order valence-electron chi connectivity index (χ4n) is 6.12. The van der Waals surface area contributed by atoms with Crippen LogP contribution in [0.15, 0.2) is 48.8 Å². The second-order valence-corrected chi connectivity index (χ2v) is 11.3. The molecule has 3 heterocycles. The maximum atomic E-state index is 14.8. The molecule has 1 aliphatic carbocycles. The number of rotatable bonds is 7. The molecular formula is C31H36FN5O2. The first-order valence-electron chi connectivity index (χ1n) is 13.8. The predicted molar refractivity (Wildman–Crippen MR) is 151 cm³/mol. The zero-order valence-corrected chi connectivity index (χ0v) is 22.7. The van der Waals surface area contributed by atoms with Crippen LogP contribution >= 0.6 is 0 Å². The first-order chi connectivity index (χ1) is 18.7. The van der Waals surface area contributed by atoms with E-state index in [-0.39, 0.29) is 46.8 Å². The predicted octanol–water partition coefficient (Wildman–Crippen LogP) is 5.59. The number of carbonyl (C=O) groups excluding carboxylic acids is 2. The number of hydrogen-bond donors (Lipinski definition) is 2. The molecule has 2 fully saturated rings. The molecule has 0 radical (unpaired) electrons. The van der Waals surface area contributed by atoms with Gasteiger partial charge in [0.05, 0.1) is 11.4 Å². The summed E-state index contributed by atoms with van der Waals surface area (Å²) in [6, 6.07) is 9.19. The molecule has 2 aliphatic rings. The van der Waals surface area contributed by atoms with E-state index in [1.165, 1.54) is 50.3 Å². The molecule has 8 heteroatoms. The van der Waals surface area contributed by atoms with E-state index in [9.17, 15) is 14.0 Å². The topological polar surface area (TPSA) is 101 Å². The monoisotopic (exact) mass is 529 g/mol. The van der Waals surface area contributed by atoms with E-state index in [1.807, 2.05) is 19.9 Å². The molecule has 3 aromatic rings. The van der Waals surface area contributed by atoms with Gasteiger partial charge in [0.2, 0.25) is 0 Å². The number of nitrogen functional groups attached to an aromatic ring is 1. The van der Waals surface area contributed by atoms with Gasteiger partial charge in [-0.2, -0.15) is 0 Å². The molecule has 3 N–H and O–H groups in total. The summed E-state index contributed by atoms with van der Waals surface area (Å²) in [5.74, 6) is -1.10. The molecule has 1 aliphatic heterocycles. The molecule has 7 nitrogen and oxygen atoms in total. The first-order valence-corrected chi connectivity index (χ1v) is 13.8. The van der Waals surface area contributed by atoms with Crippen molar-refractivity contribution in [1.29, 1.82) is 0 Å². The Morgan fingerprint density at radius 3 is 2.64 bits per heavy atom. The maximum absolute atomic E-state index is 14.8. The van der Waals surface area contributed by atoms with Crippen molar-refractivity contribution in [3.8, 4) is 11.3 Å². The van der Waals surface area contributed by atoms with E-state index in [0.717, 1.165) is 30.8 Å². The highest BCUT2D eigenvalue weighted by Gasteiger charge is 2.38. The van der Waals surface area contributed by atoms with E-state index in [0.29, 0.717) is 11.0 Å². The van der Waals surface area contributed by atoms with Gasteiger partial charge in [-0.15, -0.1) is 0 Å². The highest BCUT2D eigenvalue weighted by Crippen LogP contribution is 2.46. The number of halogens is 1. The van der Waals surface area contributed by atoms with Crippen LogP contribution < -0.4 is 16.0 Å². The van der Waals surface area contributed by atoms with Crippen molar-refractivity contribution >= 4 is 23.1 Å². The van der Waals surface area contributed by atoms with E-state index in [1.54, 1.807) is 24.5 Å². The van der Waals surface area contributed by atoms with Gasteiger partial charge in [-0.3, -0.25) is 14.6 Å². The summed E-state index contributed by atoms with van der Waals surface area (Å²) in [7, 11) is 0. The Bertz CT molecular complexity index is 1380. The standard InChI is InChI=1S/C31H36FN5O2/c1-20(2)35-30(39)21-6-7-24(32)23(16-21)26-9-8-25(33)29(36-26)28(38)17-22-18-34-14-10-27(22)37-15-5-13-31(19-37)11-3-4-12-31/h6-10,14,16,18,20H,3-5,11-13,15,17,19,33H2,1-2H3,(H,35,39). The molecular weight excluding hydrogens is 493 g/mol. The lowest BCUT2D eigenvalue weighted by Crippen LogP contribution is -2.42. The van der Waals surface area contributed by atoms with Gasteiger partial charge in [-0.25, -0.2) is 9.37 Å². The van der Waals surface area contributed by atoms with Crippen molar-refractivity contribution < 1.29 is 14.0 Å². The number of nitrogens with one attached hydrogen (secondary N) is 1. The number of benzene rings is 1. The van der Waals surface area contributed by atoms with Crippen LogP contribution in [0.5, 0.6) is 0 Å². The van der Waals surface area contributed by atoms with Crippen molar-refractivity contribution in [2.45, 2.75) is 64.8 Å². The van der Waals surface area contributed by atoms with E-state index in [2.05, 4.69) is 20.2 Å². The Morgan fingerprint density at radius 1 is 1.10 bits per heavy atom.